The van der Waals surface area contributed by atoms with Crippen molar-refractivity contribution in [3.8, 4) is 0 Å². The van der Waals surface area contributed by atoms with Gasteiger partial charge in [0.1, 0.15) is 11.4 Å². The van der Waals surface area contributed by atoms with Crippen LogP contribution in [0.2, 0.25) is 0 Å². The number of hydrogen-bond acceptors (Lipinski definition) is 2. The van der Waals surface area contributed by atoms with E-state index < -0.39 is 11.5 Å². The van der Waals surface area contributed by atoms with Crippen molar-refractivity contribution in [2.24, 2.45) is 0 Å². The quantitative estimate of drug-likeness (QED) is 0.803. The number of carbonyl (C=O) groups is 1. The second kappa shape index (κ2) is 3.87. The molecule has 2 unspecified atom stereocenters. The molecule has 2 N–H and O–H groups in total. The maximum atomic E-state index is 13.5. The molecule has 1 fully saturated rings. The van der Waals surface area contributed by atoms with E-state index in [4.69, 9.17) is 5.11 Å². The zero-order chi connectivity index (χ0) is 11.8. The minimum atomic E-state index is -0.938. The molecule has 0 bridgehead atoms. The van der Waals surface area contributed by atoms with E-state index >= 15 is 0 Å². The summed E-state index contributed by atoms with van der Waals surface area (Å²) in [7, 11) is 0. The van der Waals surface area contributed by atoms with Crippen LogP contribution in [0.3, 0.4) is 0 Å². The van der Waals surface area contributed by atoms with Crippen molar-refractivity contribution in [3.05, 3.63) is 35.6 Å². The number of hydrogen-bond donors (Lipinski definition) is 2. The maximum Gasteiger partial charge on any atom is 0.323 e. The number of nitrogens with one attached hydrogen (secondary N) is 1. The average molecular weight is 223 g/mol. The molecule has 2 rings (SSSR count). The molecule has 16 heavy (non-hydrogen) atoms. The highest BCUT2D eigenvalue weighted by Gasteiger charge is 2.41. The van der Waals surface area contributed by atoms with Crippen LogP contribution < -0.4 is 5.32 Å². The normalized spacial score (nSPS) is 29.2. The van der Waals surface area contributed by atoms with Crippen molar-refractivity contribution in [3.63, 3.8) is 0 Å². The van der Waals surface area contributed by atoms with Crippen molar-refractivity contribution < 1.29 is 14.3 Å². The third-order valence-electron chi connectivity index (χ3n) is 3.21. The van der Waals surface area contributed by atoms with Crippen LogP contribution in [0.5, 0.6) is 0 Å². The Balaban J connectivity index is 2.22. The SMILES string of the molecule is CC1(C(=O)O)CC(c2ccccc2F)CN1. The number of halogens is 1. The van der Waals surface area contributed by atoms with Crippen LogP contribution in [-0.4, -0.2) is 23.2 Å². The van der Waals surface area contributed by atoms with E-state index in [1.165, 1.54) is 6.07 Å². The second-order valence-electron chi connectivity index (χ2n) is 4.44. The number of carboxylic acid groups (broad SMARTS) is 1. The molecule has 0 aliphatic carbocycles. The Morgan fingerprint density at radius 3 is 2.81 bits per heavy atom. The maximum absolute atomic E-state index is 13.5. The summed E-state index contributed by atoms with van der Waals surface area (Å²) in [4.78, 5) is 11.0. The number of aliphatic carboxylic acids is 1. The van der Waals surface area contributed by atoms with Crippen LogP contribution in [-0.2, 0) is 4.79 Å². The van der Waals surface area contributed by atoms with Gasteiger partial charge >= 0.3 is 5.97 Å². The van der Waals surface area contributed by atoms with Crippen LogP contribution in [0.4, 0.5) is 4.39 Å². The smallest absolute Gasteiger partial charge is 0.323 e. The summed E-state index contributed by atoms with van der Waals surface area (Å²) in [6, 6.07) is 6.54. The van der Waals surface area contributed by atoms with Crippen LogP contribution in [0.25, 0.3) is 0 Å². The fourth-order valence-corrected chi connectivity index (χ4v) is 2.17. The van der Waals surface area contributed by atoms with E-state index in [9.17, 15) is 9.18 Å². The first kappa shape index (κ1) is 11.1. The molecule has 0 amide bonds. The summed E-state index contributed by atoms with van der Waals surface area (Å²) in [5.74, 6) is -1.21. The van der Waals surface area contributed by atoms with Gasteiger partial charge in [-0.05, 0) is 25.0 Å². The molecule has 1 aliphatic heterocycles. The summed E-state index contributed by atoms with van der Waals surface area (Å²) in [5, 5.41) is 12.0. The molecule has 86 valence electrons. The first-order valence-corrected chi connectivity index (χ1v) is 5.26. The fourth-order valence-electron chi connectivity index (χ4n) is 2.17. The van der Waals surface area contributed by atoms with Crippen molar-refractivity contribution in [1.82, 2.24) is 5.32 Å². The zero-order valence-corrected chi connectivity index (χ0v) is 9.03. The number of rotatable bonds is 2. The summed E-state index contributed by atoms with van der Waals surface area (Å²) in [5.41, 5.74) is -0.340. The van der Waals surface area contributed by atoms with E-state index in [2.05, 4.69) is 5.32 Å². The highest BCUT2D eigenvalue weighted by atomic mass is 19.1. The number of benzene rings is 1. The predicted octanol–water partition coefficient (Wildman–Crippen LogP) is 1.75. The third kappa shape index (κ3) is 1.80. The standard InChI is InChI=1S/C12H14FNO2/c1-12(11(15)16)6-8(7-14-12)9-4-2-3-5-10(9)13/h2-5,8,14H,6-7H2,1H3,(H,15,16). The summed E-state index contributed by atoms with van der Waals surface area (Å²) >= 11 is 0. The first-order chi connectivity index (χ1) is 7.53. The molecule has 1 saturated heterocycles. The van der Waals surface area contributed by atoms with Gasteiger partial charge in [0.25, 0.3) is 0 Å². The highest BCUT2D eigenvalue weighted by Crippen LogP contribution is 2.33. The first-order valence-electron chi connectivity index (χ1n) is 5.26. The second-order valence-corrected chi connectivity index (χ2v) is 4.44. The van der Waals surface area contributed by atoms with Gasteiger partial charge in [0.2, 0.25) is 0 Å². The van der Waals surface area contributed by atoms with Gasteiger partial charge in [0, 0.05) is 12.5 Å². The van der Waals surface area contributed by atoms with Gasteiger partial charge in [-0.2, -0.15) is 0 Å². The van der Waals surface area contributed by atoms with Crippen LogP contribution >= 0.6 is 0 Å². The molecule has 0 spiro atoms. The largest absolute Gasteiger partial charge is 0.480 e. The Morgan fingerprint density at radius 1 is 1.56 bits per heavy atom. The minimum Gasteiger partial charge on any atom is -0.480 e. The lowest BCUT2D eigenvalue weighted by Gasteiger charge is -2.18. The van der Waals surface area contributed by atoms with Crippen LogP contribution in [0.15, 0.2) is 24.3 Å². The van der Waals surface area contributed by atoms with Crippen molar-refractivity contribution in [2.75, 3.05) is 6.54 Å². The van der Waals surface area contributed by atoms with Gasteiger partial charge in [-0.25, -0.2) is 4.39 Å². The van der Waals surface area contributed by atoms with E-state index in [1.54, 1.807) is 25.1 Å². The van der Waals surface area contributed by atoms with Gasteiger partial charge in [-0.3, -0.25) is 4.79 Å². The molecule has 3 nitrogen and oxygen atoms in total. The van der Waals surface area contributed by atoms with Crippen LogP contribution in [0, 0.1) is 5.82 Å². The molecular formula is C12H14FNO2. The lowest BCUT2D eigenvalue weighted by molar-refractivity contribution is -0.143. The minimum absolute atomic E-state index is 0.0673. The summed E-state index contributed by atoms with van der Waals surface area (Å²) in [6.45, 7) is 2.14. The Bertz CT molecular complexity index is 421. The van der Waals surface area contributed by atoms with Crippen LogP contribution in [0.1, 0.15) is 24.8 Å². The van der Waals surface area contributed by atoms with Crippen molar-refractivity contribution in [1.29, 1.82) is 0 Å². The molecule has 1 heterocycles. The molecule has 0 saturated carbocycles. The van der Waals surface area contributed by atoms with Gasteiger partial charge < -0.3 is 10.4 Å². The Labute approximate surface area is 93.3 Å². The zero-order valence-electron chi connectivity index (χ0n) is 9.03. The molecule has 2 atom stereocenters. The van der Waals surface area contributed by atoms with Gasteiger partial charge in [-0.15, -0.1) is 0 Å². The molecule has 1 aromatic carbocycles. The fraction of sp³-hybridized carbons (Fsp3) is 0.417. The molecule has 1 aliphatic rings. The monoisotopic (exact) mass is 223 g/mol. The average Bonchev–Trinajstić information content (AvgIpc) is 2.63. The molecule has 1 aromatic rings. The van der Waals surface area contributed by atoms with Crippen molar-refractivity contribution in [2.45, 2.75) is 24.8 Å². The van der Waals surface area contributed by atoms with E-state index in [-0.39, 0.29) is 11.7 Å². The van der Waals surface area contributed by atoms with E-state index in [0.717, 1.165) is 0 Å². The Kier molecular flexibility index (Phi) is 2.68. The molecule has 4 heteroatoms. The third-order valence-corrected chi connectivity index (χ3v) is 3.21. The van der Waals surface area contributed by atoms with Gasteiger partial charge in [0.15, 0.2) is 0 Å². The molecule has 0 aromatic heterocycles. The van der Waals surface area contributed by atoms with Gasteiger partial charge in [-0.1, -0.05) is 18.2 Å². The topological polar surface area (TPSA) is 49.3 Å². The summed E-state index contributed by atoms with van der Waals surface area (Å²) < 4.78 is 13.5. The Hall–Kier alpha value is -1.42. The summed E-state index contributed by atoms with van der Waals surface area (Å²) in [6.07, 6.45) is 0.420. The lowest BCUT2D eigenvalue weighted by atomic mass is 9.90. The van der Waals surface area contributed by atoms with Crippen molar-refractivity contribution >= 4 is 5.97 Å². The molecule has 0 radical (unpaired) electrons. The number of carboxylic acids is 1. The van der Waals surface area contributed by atoms with Gasteiger partial charge in [0.05, 0.1) is 0 Å². The lowest BCUT2D eigenvalue weighted by Crippen LogP contribution is -2.44. The van der Waals surface area contributed by atoms with E-state index in [0.29, 0.717) is 18.5 Å². The molecular weight excluding hydrogens is 209 g/mol. The Morgan fingerprint density at radius 2 is 2.25 bits per heavy atom. The highest BCUT2D eigenvalue weighted by molar-refractivity contribution is 5.79. The van der Waals surface area contributed by atoms with E-state index in [1.807, 2.05) is 0 Å². The predicted molar refractivity (Wildman–Crippen MR) is 57.8 cm³/mol.